The van der Waals surface area contributed by atoms with Crippen molar-refractivity contribution in [1.82, 2.24) is 19.6 Å². The van der Waals surface area contributed by atoms with Crippen LogP contribution in [0.15, 0.2) is 60.6 Å². The molecule has 6 rings (SSSR count). The van der Waals surface area contributed by atoms with Crippen molar-refractivity contribution >= 4 is 16.9 Å². The lowest BCUT2D eigenvalue weighted by Gasteiger charge is -2.28. The largest absolute Gasteiger partial charge is 0.339 e. The third-order valence-electron chi connectivity index (χ3n) is 6.60. The van der Waals surface area contributed by atoms with Crippen LogP contribution in [0, 0.1) is 19.8 Å². The lowest BCUT2D eigenvalue weighted by atomic mass is 9.90. The van der Waals surface area contributed by atoms with Crippen molar-refractivity contribution in [2.75, 3.05) is 4.90 Å². The Hall–Kier alpha value is -3.21. The maximum absolute atomic E-state index is 4.52. The molecule has 0 bridgehead atoms. The minimum Gasteiger partial charge on any atom is -0.339 e. The monoisotopic (exact) mass is 395 g/mol. The molecule has 0 N–H and O–H groups in total. The second-order valence-electron chi connectivity index (χ2n) is 8.75. The van der Waals surface area contributed by atoms with Crippen LogP contribution in [0.4, 0.5) is 5.69 Å². The molecular formula is C25H25N5. The van der Waals surface area contributed by atoms with Crippen molar-refractivity contribution < 1.29 is 0 Å². The standard InChI is InChI=1S/C25H25N5/c1-16-3-7-21(15-26-16)29-11-9-20-14-19(6-8-23(20)29)22-10-12-30-24(13-18-4-5-18)27-28-25(30)17(22)2/h3,6-7,9-12,14-15,18,23H,4-5,8,13H2,1-2H3. The van der Waals surface area contributed by atoms with Gasteiger partial charge >= 0.3 is 0 Å². The summed E-state index contributed by atoms with van der Waals surface area (Å²) in [6.45, 7) is 4.19. The van der Waals surface area contributed by atoms with E-state index >= 15 is 0 Å². The summed E-state index contributed by atoms with van der Waals surface area (Å²) in [5, 5.41) is 9.00. The number of nitrogens with zero attached hydrogens (tertiary/aromatic N) is 5. The lowest BCUT2D eigenvalue weighted by Crippen LogP contribution is -2.28. The molecule has 1 unspecified atom stereocenters. The number of aryl methyl sites for hydroxylation is 2. The number of aromatic nitrogens is 4. The predicted octanol–water partition coefficient (Wildman–Crippen LogP) is 4.81. The van der Waals surface area contributed by atoms with E-state index in [0.717, 1.165) is 41.6 Å². The van der Waals surface area contributed by atoms with Crippen molar-refractivity contribution in [3.63, 3.8) is 0 Å². The maximum Gasteiger partial charge on any atom is 0.164 e. The number of anilines is 1. The Kier molecular flexibility index (Phi) is 3.91. The van der Waals surface area contributed by atoms with E-state index in [0.29, 0.717) is 6.04 Å². The highest BCUT2D eigenvalue weighted by atomic mass is 15.2. The quantitative estimate of drug-likeness (QED) is 0.636. The number of hydrogen-bond donors (Lipinski definition) is 0. The fourth-order valence-corrected chi connectivity index (χ4v) is 4.64. The highest BCUT2D eigenvalue weighted by Crippen LogP contribution is 2.37. The van der Waals surface area contributed by atoms with Crippen LogP contribution < -0.4 is 4.90 Å². The Morgan fingerprint density at radius 1 is 1.10 bits per heavy atom. The van der Waals surface area contributed by atoms with Crippen LogP contribution in [-0.4, -0.2) is 25.6 Å². The molecule has 150 valence electrons. The SMILES string of the molecule is Cc1ccc(N2C=CC3=CC(c4ccn5c(CC6CC6)nnc5c4C)=CCC32)cn1. The van der Waals surface area contributed by atoms with E-state index in [4.69, 9.17) is 0 Å². The summed E-state index contributed by atoms with van der Waals surface area (Å²) in [7, 11) is 0. The molecule has 3 aliphatic rings. The van der Waals surface area contributed by atoms with Crippen LogP contribution >= 0.6 is 0 Å². The summed E-state index contributed by atoms with van der Waals surface area (Å²) in [5.41, 5.74) is 8.26. The smallest absolute Gasteiger partial charge is 0.164 e. The molecule has 0 radical (unpaired) electrons. The molecule has 2 aliphatic carbocycles. The number of allylic oxidation sites excluding steroid dienone is 2. The average molecular weight is 396 g/mol. The normalized spacial score (nSPS) is 20.5. The molecule has 4 heterocycles. The molecule has 0 amide bonds. The first kappa shape index (κ1) is 17.6. The van der Waals surface area contributed by atoms with Gasteiger partial charge in [0.1, 0.15) is 5.82 Å². The highest BCUT2D eigenvalue weighted by Gasteiger charge is 2.28. The van der Waals surface area contributed by atoms with Crippen LogP contribution in [-0.2, 0) is 6.42 Å². The van der Waals surface area contributed by atoms with Crippen LogP contribution in [0.3, 0.4) is 0 Å². The first-order chi connectivity index (χ1) is 14.7. The highest BCUT2D eigenvalue weighted by molar-refractivity contribution is 5.82. The molecule has 3 aromatic heterocycles. The summed E-state index contributed by atoms with van der Waals surface area (Å²) < 4.78 is 2.18. The number of rotatable bonds is 4. The van der Waals surface area contributed by atoms with Gasteiger partial charge in [-0.05, 0) is 86.1 Å². The fraction of sp³-hybridized carbons (Fsp3) is 0.320. The summed E-state index contributed by atoms with van der Waals surface area (Å²) >= 11 is 0. The molecule has 0 aromatic carbocycles. The molecule has 0 spiro atoms. The van der Waals surface area contributed by atoms with Gasteiger partial charge in [0.25, 0.3) is 0 Å². The summed E-state index contributed by atoms with van der Waals surface area (Å²) in [6, 6.07) is 6.80. The Bertz CT molecular complexity index is 1220. The number of hydrogen-bond acceptors (Lipinski definition) is 4. The lowest BCUT2D eigenvalue weighted by molar-refractivity contribution is 0.757. The van der Waals surface area contributed by atoms with Gasteiger partial charge in [0.2, 0.25) is 0 Å². The van der Waals surface area contributed by atoms with Crippen molar-refractivity contribution in [2.24, 2.45) is 5.92 Å². The number of fused-ring (bicyclic) bond motifs is 2. The third kappa shape index (κ3) is 2.88. The minimum atomic E-state index is 0.348. The van der Waals surface area contributed by atoms with Crippen molar-refractivity contribution in [3.8, 4) is 0 Å². The molecule has 1 saturated carbocycles. The van der Waals surface area contributed by atoms with Crippen LogP contribution in [0.1, 0.15) is 41.9 Å². The van der Waals surface area contributed by atoms with Crippen LogP contribution in [0.25, 0.3) is 11.2 Å². The zero-order valence-electron chi connectivity index (χ0n) is 17.4. The molecule has 30 heavy (non-hydrogen) atoms. The van der Waals surface area contributed by atoms with E-state index in [-0.39, 0.29) is 0 Å². The maximum atomic E-state index is 4.52. The summed E-state index contributed by atoms with van der Waals surface area (Å²) in [4.78, 5) is 6.79. The molecule has 1 atom stereocenters. The average Bonchev–Trinajstić information content (AvgIpc) is 3.33. The Morgan fingerprint density at radius 2 is 2.00 bits per heavy atom. The van der Waals surface area contributed by atoms with Gasteiger partial charge in [-0.3, -0.25) is 9.38 Å². The minimum absolute atomic E-state index is 0.348. The van der Waals surface area contributed by atoms with Gasteiger partial charge < -0.3 is 4.90 Å². The van der Waals surface area contributed by atoms with Gasteiger partial charge in [-0.1, -0.05) is 6.08 Å². The van der Waals surface area contributed by atoms with Gasteiger partial charge in [0.15, 0.2) is 5.65 Å². The van der Waals surface area contributed by atoms with Crippen molar-refractivity contribution in [2.45, 2.75) is 45.6 Å². The molecular weight excluding hydrogens is 370 g/mol. The summed E-state index contributed by atoms with van der Waals surface area (Å²) in [6.07, 6.45) is 17.9. The van der Waals surface area contributed by atoms with E-state index in [2.05, 4.69) is 80.2 Å². The zero-order chi connectivity index (χ0) is 20.2. The molecule has 1 fully saturated rings. The van der Waals surface area contributed by atoms with E-state index in [9.17, 15) is 0 Å². The van der Waals surface area contributed by atoms with E-state index in [1.807, 2.05) is 13.1 Å². The first-order valence-corrected chi connectivity index (χ1v) is 10.8. The van der Waals surface area contributed by atoms with E-state index in [1.165, 1.54) is 35.1 Å². The van der Waals surface area contributed by atoms with Gasteiger partial charge in [0, 0.05) is 30.1 Å². The van der Waals surface area contributed by atoms with Crippen LogP contribution in [0.2, 0.25) is 0 Å². The zero-order valence-corrected chi connectivity index (χ0v) is 17.4. The van der Waals surface area contributed by atoms with Gasteiger partial charge in [-0.15, -0.1) is 10.2 Å². The molecule has 1 aliphatic heterocycles. The van der Waals surface area contributed by atoms with E-state index < -0.39 is 0 Å². The molecule has 0 saturated heterocycles. The van der Waals surface area contributed by atoms with Gasteiger partial charge in [-0.2, -0.15) is 0 Å². The third-order valence-corrected chi connectivity index (χ3v) is 6.60. The number of pyridine rings is 2. The molecule has 3 aromatic rings. The second kappa shape index (κ2) is 6.66. The van der Waals surface area contributed by atoms with Crippen molar-refractivity contribution in [3.05, 3.63) is 83.2 Å². The predicted molar refractivity (Wildman–Crippen MR) is 119 cm³/mol. The second-order valence-corrected chi connectivity index (χ2v) is 8.75. The Labute approximate surface area is 176 Å². The Balaban J connectivity index is 1.30. The van der Waals surface area contributed by atoms with E-state index in [1.54, 1.807) is 0 Å². The fourth-order valence-electron chi connectivity index (χ4n) is 4.64. The van der Waals surface area contributed by atoms with Crippen LogP contribution in [0.5, 0.6) is 0 Å². The topological polar surface area (TPSA) is 46.3 Å². The Morgan fingerprint density at radius 3 is 2.80 bits per heavy atom. The molecule has 5 nitrogen and oxygen atoms in total. The van der Waals surface area contributed by atoms with Gasteiger partial charge in [0.05, 0.1) is 17.9 Å². The summed E-state index contributed by atoms with van der Waals surface area (Å²) in [5.74, 6) is 1.90. The molecule has 5 heteroatoms. The van der Waals surface area contributed by atoms with Gasteiger partial charge in [-0.25, -0.2) is 0 Å². The van der Waals surface area contributed by atoms with Crippen molar-refractivity contribution in [1.29, 1.82) is 0 Å². The first-order valence-electron chi connectivity index (χ1n) is 10.8.